The van der Waals surface area contributed by atoms with Crippen molar-refractivity contribution in [1.82, 2.24) is 19.7 Å². The molecule has 0 saturated carbocycles. The molecule has 0 saturated heterocycles. The molecular weight excluding hydrogens is 486 g/mol. The van der Waals surface area contributed by atoms with Gasteiger partial charge >= 0.3 is 0 Å². The Morgan fingerprint density at radius 2 is 1.80 bits per heavy atom. The smallest absolute Gasteiger partial charge is 0.278 e. The van der Waals surface area contributed by atoms with Crippen LogP contribution < -0.4 is 4.72 Å². The van der Waals surface area contributed by atoms with Gasteiger partial charge in [0.15, 0.2) is 0 Å². The average Bonchev–Trinajstić information content (AvgIpc) is 3.51. The lowest BCUT2D eigenvalue weighted by Crippen LogP contribution is -2.12. The maximum absolute atomic E-state index is 12.6. The summed E-state index contributed by atoms with van der Waals surface area (Å²) in [7, 11) is -3.73. The van der Waals surface area contributed by atoms with Crippen LogP contribution in [0, 0.1) is 6.92 Å². The number of nitrogens with one attached hydrogen (secondary N) is 1. The van der Waals surface area contributed by atoms with Gasteiger partial charge in [0.05, 0.1) is 11.2 Å². The monoisotopic (exact) mass is 505 g/mol. The number of aryl methyl sites for hydroxylation is 1. The van der Waals surface area contributed by atoms with Gasteiger partial charge in [0.2, 0.25) is 5.82 Å². The number of rotatable bonds is 7. The molecule has 0 fully saturated rings. The van der Waals surface area contributed by atoms with Crippen LogP contribution in [-0.2, 0) is 16.6 Å². The lowest BCUT2D eigenvalue weighted by atomic mass is 10.1. The van der Waals surface area contributed by atoms with Crippen LogP contribution in [0.15, 0.2) is 94.7 Å². The Balaban J connectivity index is 1.26. The topological polar surface area (TPSA) is 103 Å². The number of aromatic nitrogens is 4. The minimum Gasteiger partial charge on any atom is -0.332 e. The van der Waals surface area contributed by atoms with E-state index in [1.807, 2.05) is 54.1 Å². The molecule has 0 spiro atoms. The zero-order chi connectivity index (χ0) is 24.4. The molecule has 10 heteroatoms. The predicted molar refractivity (Wildman–Crippen MR) is 133 cm³/mol. The molecule has 0 bridgehead atoms. The van der Waals surface area contributed by atoms with Gasteiger partial charge in [-0.25, -0.2) is 13.4 Å². The van der Waals surface area contributed by atoms with E-state index in [2.05, 4.69) is 19.8 Å². The first-order valence-corrected chi connectivity index (χ1v) is 12.5. The molecule has 1 N–H and O–H groups in total. The van der Waals surface area contributed by atoms with Gasteiger partial charge in [0.1, 0.15) is 5.69 Å². The molecule has 2 aromatic heterocycles. The summed E-state index contributed by atoms with van der Waals surface area (Å²) < 4.78 is 35.0. The van der Waals surface area contributed by atoms with Gasteiger partial charge in [-0.3, -0.25) is 4.72 Å². The van der Waals surface area contributed by atoms with Gasteiger partial charge in [-0.2, -0.15) is 4.98 Å². The molecule has 176 valence electrons. The lowest BCUT2D eigenvalue weighted by molar-refractivity contribution is 0.431. The van der Waals surface area contributed by atoms with Gasteiger partial charge in [-0.05, 0) is 42.8 Å². The number of hydrogen-bond donors (Lipinski definition) is 1. The van der Waals surface area contributed by atoms with Gasteiger partial charge in [-0.1, -0.05) is 64.8 Å². The van der Waals surface area contributed by atoms with Crippen molar-refractivity contribution < 1.29 is 12.9 Å². The van der Waals surface area contributed by atoms with E-state index in [1.165, 1.54) is 12.1 Å². The molecule has 0 unspecified atom stereocenters. The van der Waals surface area contributed by atoms with E-state index in [4.69, 9.17) is 16.1 Å². The van der Waals surface area contributed by atoms with Crippen molar-refractivity contribution in [2.45, 2.75) is 18.4 Å². The Morgan fingerprint density at radius 1 is 1.03 bits per heavy atom. The summed E-state index contributed by atoms with van der Waals surface area (Å²) in [4.78, 5) is 8.93. The third-order valence-electron chi connectivity index (χ3n) is 5.27. The molecular formula is C25H20ClN5O3S. The Kier molecular flexibility index (Phi) is 6.10. The van der Waals surface area contributed by atoms with E-state index in [0.29, 0.717) is 34.7 Å². The summed E-state index contributed by atoms with van der Waals surface area (Å²) in [5.41, 5.74) is 4.01. The van der Waals surface area contributed by atoms with Crippen LogP contribution in [-0.4, -0.2) is 28.1 Å². The molecule has 0 aliphatic rings. The average molecular weight is 506 g/mol. The molecule has 2 heterocycles. The van der Waals surface area contributed by atoms with Crippen LogP contribution in [0.3, 0.4) is 0 Å². The zero-order valence-electron chi connectivity index (χ0n) is 18.6. The fourth-order valence-electron chi connectivity index (χ4n) is 3.44. The number of benzene rings is 3. The first-order chi connectivity index (χ1) is 16.9. The van der Waals surface area contributed by atoms with Crippen molar-refractivity contribution in [2.24, 2.45) is 0 Å². The van der Waals surface area contributed by atoms with E-state index in [-0.39, 0.29) is 4.90 Å². The van der Waals surface area contributed by atoms with Crippen molar-refractivity contribution >= 4 is 27.3 Å². The van der Waals surface area contributed by atoms with Crippen LogP contribution in [0.25, 0.3) is 23.0 Å². The maximum Gasteiger partial charge on any atom is 0.278 e. The third-order valence-corrected chi connectivity index (χ3v) is 6.88. The highest BCUT2D eigenvalue weighted by molar-refractivity contribution is 7.92. The van der Waals surface area contributed by atoms with E-state index >= 15 is 0 Å². The standard InChI is InChI=1S/C25H20ClN5O3S/c1-17-5-9-19(10-6-17)24-28-25(34-29-24)23-15-31(16-27-23)14-18-7-11-21(12-8-18)30-35(32,33)22-4-2-3-20(26)13-22/h2-13,15-16,30H,14H2,1H3. The number of sulfonamides is 1. The maximum atomic E-state index is 12.6. The van der Waals surface area contributed by atoms with Crippen LogP contribution >= 0.6 is 11.6 Å². The lowest BCUT2D eigenvalue weighted by Gasteiger charge is -2.09. The summed E-state index contributed by atoms with van der Waals surface area (Å²) in [6.45, 7) is 2.55. The Labute approximate surface area is 207 Å². The van der Waals surface area contributed by atoms with Crippen LogP contribution in [0.2, 0.25) is 5.02 Å². The minimum atomic E-state index is -3.73. The Bertz CT molecular complexity index is 1580. The van der Waals surface area contributed by atoms with Crippen LogP contribution in [0.4, 0.5) is 5.69 Å². The number of halogens is 1. The largest absolute Gasteiger partial charge is 0.332 e. The molecule has 0 atom stereocenters. The second kappa shape index (κ2) is 9.36. The van der Waals surface area contributed by atoms with Gasteiger partial charge in [-0.15, -0.1) is 0 Å². The van der Waals surface area contributed by atoms with E-state index in [9.17, 15) is 8.42 Å². The third kappa shape index (κ3) is 5.26. The number of hydrogen-bond acceptors (Lipinski definition) is 6. The summed E-state index contributed by atoms with van der Waals surface area (Å²) in [6, 6.07) is 21.1. The fourth-order valence-corrected chi connectivity index (χ4v) is 4.80. The Morgan fingerprint density at radius 3 is 2.54 bits per heavy atom. The van der Waals surface area contributed by atoms with E-state index in [1.54, 1.807) is 30.6 Å². The molecule has 3 aromatic carbocycles. The number of imidazole rings is 1. The zero-order valence-corrected chi connectivity index (χ0v) is 20.2. The quantitative estimate of drug-likeness (QED) is 0.317. The summed E-state index contributed by atoms with van der Waals surface area (Å²) in [5.74, 6) is 0.843. The molecule has 8 nitrogen and oxygen atoms in total. The first kappa shape index (κ1) is 22.8. The van der Waals surface area contributed by atoms with E-state index in [0.717, 1.165) is 16.7 Å². The highest BCUT2D eigenvalue weighted by atomic mass is 35.5. The summed E-state index contributed by atoms with van der Waals surface area (Å²) >= 11 is 5.91. The second-order valence-electron chi connectivity index (χ2n) is 7.98. The minimum absolute atomic E-state index is 0.103. The van der Waals surface area contributed by atoms with Gasteiger partial charge in [0, 0.05) is 29.0 Å². The van der Waals surface area contributed by atoms with Crippen LogP contribution in [0.1, 0.15) is 11.1 Å². The van der Waals surface area contributed by atoms with Gasteiger partial charge < -0.3 is 9.09 Å². The molecule has 5 rings (SSSR count). The van der Waals surface area contributed by atoms with Crippen molar-refractivity contribution in [2.75, 3.05) is 4.72 Å². The van der Waals surface area contributed by atoms with Crippen molar-refractivity contribution in [3.63, 3.8) is 0 Å². The Hall–Kier alpha value is -3.95. The molecule has 35 heavy (non-hydrogen) atoms. The molecule has 0 radical (unpaired) electrons. The normalized spacial score (nSPS) is 11.5. The van der Waals surface area contributed by atoms with Crippen molar-refractivity contribution in [1.29, 1.82) is 0 Å². The number of nitrogens with zero attached hydrogens (tertiary/aromatic N) is 4. The van der Waals surface area contributed by atoms with Gasteiger partial charge in [0.25, 0.3) is 15.9 Å². The summed E-state index contributed by atoms with van der Waals surface area (Å²) in [5, 5.41) is 4.41. The van der Waals surface area contributed by atoms with Crippen molar-refractivity contribution in [3.05, 3.63) is 101 Å². The predicted octanol–water partition coefficient (Wildman–Crippen LogP) is 5.41. The molecule has 0 aliphatic carbocycles. The highest BCUT2D eigenvalue weighted by Gasteiger charge is 2.15. The van der Waals surface area contributed by atoms with Crippen molar-refractivity contribution in [3.8, 4) is 23.0 Å². The molecule has 0 aliphatic heterocycles. The summed E-state index contributed by atoms with van der Waals surface area (Å²) in [6.07, 6.45) is 3.50. The SMILES string of the molecule is Cc1ccc(-c2noc(-c3cn(Cc4ccc(NS(=O)(=O)c5cccc(Cl)c5)cc4)cn3)n2)cc1. The van der Waals surface area contributed by atoms with E-state index < -0.39 is 10.0 Å². The fraction of sp³-hybridized carbons (Fsp3) is 0.0800. The van der Waals surface area contributed by atoms with Crippen LogP contribution in [0.5, 0.6) is 0 Å². The molecule has 0 amide bonds. The first-order valence-electron chi connectivity index (χ1n) is 10.7. The second-order valence-corrected chi connectivity index (χ2v) is 10.1. The molecule has 5 aromatic rings. The number of anilines is 1. The highest BCUT2D eigenvalue weighted by Crippen LogP contribution is 2.23.